The van der Waals surface area contributed by atoms with Gasteiger partial charge in [0.15, 0.2) is 0 Å². The van der Waals surface area contributed by atoms with Crippen molar-refractivity contribution in [2.24, 2.45) is 0 Å². The highest BCUT2D eigenvalue weighted by Crippen LogP contribution is 2.27. The second-order valence-electron chi connectivity index (χ2n) is 4.58. The second-order valence-corrected chi connectivity index (χ2v) is 5.43. The van der Waals surface area contributed by atoms with Crippen LogP contribution >= 0.6 is 15.9 Å². The van der Waals surface area contributed by atoms with Crippen molar-refractivity contribution < 1.29 is 4.79 Å². The van der Waals surface area contributed by atoms with Crippen LogP contribution in [0.25, 0.3) is 10.9 Å². The van der Waals surface area contributed by atoms with Gasteiger partial charge in [0.2, 0.25) is 0 Å². The van der Waals surface area contributed by atoms with E-state index in [9.17, 15) is 4.79 Å². The molecule has 1 heterocycles. The van der Waals surface area contributed by atoms with Crippen molar-refractivity contribution in [2.45, 2.75) is 33.4 Å². The minimum atomic E-state index is -0.0186. The lowest BCUT2D eigenvalue weighted by Gasteiger charge is -2.11. The number of aryl methyl sites for hydroxylation is 1. The van der Waals surface area contributed by atoms with Crippen LogP contribution in [0.2, 0.25) is 0 Å². The zero-order valence-electron chi connectivity index (χ0n) is 10.8. The van der Waals surface area contributed by atoms with Gasteiger partial charge in [-0.3, -0.25) is 4.79 Å². The molecule has 0 aliphatic rings. The molecular weight excluding hydrogens is 292 g/mol. The summed E-state index contributed by atoms with van der Waals surface area (Å²) in [7, 11) is 0. The van der Waals surface area contributed by atoms with E-state index in [1.165, 1.54) is 0 Å². The van der Waals surface area contributed by atoms with Gasteiger partial charge in [0.05, 0.1) is 5.52 Å². The number of hydrogen-bond acceptors (Lipinski definition) is 1. The molecule has 1 amide bonds. The number of amides is 1. The number of fused-ring (bicyclic) bond motifs is 1. The fourth-order valence-corrected chi connectivity index (χ4v) is 2.73. The second kappa shape index (κ2) is 5.14. The Morgan fingerprint density at radius 1 is 1.44 bits per heavy atom. The first-order valence-corrected chi connectivity index (χ1v) is 6.92. The summed E-state index contributed by atoms with van der Waals surface area (Å²) < 4.78 is 3.06. The van der Waals surface area contributed by atoms with Crippen molar-refractivity contribution in [1.82, 2.24) is 9.88 Å². The van der Waals surface area contributed by atoms with Crippen LogP contribution in [-0.2, 0) is 6.54 Å². The summed E-state index contributed by atoms with van der Waals surface area (Å²) in [6, 6.07) is 8.10. The van der Waals surface area contributed by atoms with E-state index in [0.717, 1.165) is 21.9 Å². The molecule has 0 unspecified atom stereocenters. The standard InChI is InChI=1S/C14H17BrN2O/c1-4-17-12(14(18)16-9(2)3)8-10-6-5-7-11(15)13(10)17/h5-9H,4H2,1-3H3,(H,16,18). The van der Waals surface area contributed by atoms with Gasteiger partial charge < -0.3 is 9.88 Å². The molecule has 0 spiro atoms. The SMILES string of the molecule is CCn1c(C(=O)NC(C)C)cc2cccc(Br)c21. The van der Waals surface area contributed by atoms with E-state index in [1.807, 2.05) is 49.6 Å². The number of nitrogens with zero attached hydrogens (tertiary/aromatic N) is 1. The van der Waals surface area contributed by atoms with Crippen LogP contribution in [0.3, 0.4) is 0 Å². The molecule has 0 aliphatic heterocycles. The quantitative estimate of drug-likeness (QED) is 0.924. The number of halogens is 1. The summed E-state index contributed by atoms with van der Waals surface area (Å²) in [4.78, 5) is 12.2. The van der Waals surface area contributed by atoms with Crippen LogP contribution < -0.4 is 5.32 Å². The van der Waals surface area contributed by atoms with Gasteiger partial charge in [-0.25, -0.2) is 0 Å². The molecule has 0 fully saturated rings. The first-order chi connectivity index (χ1) is 8.54. The van der Waals surface area contributed by atoms with Gasteiger partial charge in [0.25, 0.3) is 5.91 Å². The van der Waals surface area contributed by atoms with E-state index in [-0.39, 0.29) is 11.9 Å². The Kier molecular flexibility index (Phi) is 3.76. The van der Waals surface area contributed by atoms with Crippen LogP contribution in [0.15, 0.2) is 28.7 Å². The van der Waals surface area contributed by atoms with Gasteiger partial charge in [-0.05, 0) is 48.8 Å². The highest BCUT2D eigenvalue weighted by Gasteiger charge is 2.16. The smallest absolute Gasteiger partial charge is 0.268 e. The Bertz CT molecular complexity index is 587. The van der Waals surface area contributed by atoms with Crippen molar-refractivity contribution in [3.63, 3.8) is 0 Å². The monoisotopic (exact) mass is 308 g/mol. The van der Waals surface area contributed by atoms with Gasteiger partial charge in [-0.15, -0.1) is 0 Å². The number of rotatable bonds is 3. The minimum Gasteiger partial charge on any atom is -0.349 e. The fourth-order valence-electron chi connectivity index (χ4n) is 2.13. The Balaban J connectivity index is 2.58. The van der Waals surface area contributed by atoms with Crippen molar-refractivity contribution in [2.75, 3.05) is 0 Å². The largest absolute Gasteiger partial charge is 0.349 e. The Hall–Kier alpha value is -1.29. The molecule has 1 aromatic carbocycles. The summed E-state index contributed by atoms with van der Waals surface area (Å²) in [6.45, 7) is 6.75. The van der Waals surface area contributed by atoms with Crippen molar-refractivity contribution in [3.8, 4) is 0 Å². The molecule has 0 saturated heterocycles. The lowest BCUT2D eigenvalue weighted by atomic mass is 10.2. The zero-order valence-corrected chi connectivity index (χ0v) is 12.4. The van der Waals surface area contributed by atoms with E-state index in [4.69, 9.17) is 0 Å². The third kappa shape index (κ3) is 2.29. The van der Waals surface area contributed by atoms with Crippen molar-refractivity contribution in [3.05, 3.63) is 34.4 Å². The lowest BCUT2D eigenvalue weighted by Crippen LogP contribution is -2.31. The molecule has 2 rings (SSSR count). The fraction of sp³-hybridized carbons (Fsp3) is 0.357. The van der Waals surface area contributed by atoms with Gasteiger partial charge in [0.1, 0.15) is 5.69 Å². The molecule has 0 bridgehead atoms. The average Bonchev–Trinajstić information content (AvgIpc) is 2.68. The molecule has 0 aliphatic carbocycles. The maximum Gasteiger partial charge on any atom is 0.268 e. The number of carbonyl (C=O) groups is 1. The predicted molar refractivity (Wildman–Crippen MR) is 77.9 cm³/mol. The van der Waals surface area contributed by atoms with Gasteiger partial charge in [-0.2, -0.15) is 0 Å². The minimum absolute atomic E-state index is 0.0186. The van der Waals surface area contributed by atoms with Gasteiger partial charge in [-0.1, -0.05) is 12.1 Å². The Labute approximate surface area is 115 Å². The molecular formula is C14H17BrN2O. The first kappa shape index (κ1) is 13.1. The van der Waals surface area contributed by atoms with Crippen LogP contribution in [0.4, 0.5) is 0 Å². The molecule has 1 N–H and O–H groups in total. The number of aromatic nitrogens is 1. The molecule has 0 saturated carbocycles. The van der Waals surface area contributed by atoms with E-state index < -0.39 is 0 Å². The summed E-state index contributed by atoms with van der Waals surface area (Å²) in [5.41, 5.74) is 1.79. The highest BCUT2D eigenvalue weighted by atomic mass is 79.9. The zero-order chi connectivity index (χ0) is 13.3. The number of benzene rings is 1. The summed E-state index contributed by atoms with van der Waals surface area (Å²) in [6.07, 6.45) is 0. The third-order valence-electron chi connectivity index (χ3n) is 2.84. The molecule has 0 radical (unpaired) electrons. The van der Waals surface area contributed by atoms with Crippen molar-refractivity contribution in [1.29, 1.82) is 0 Å². The molecule has 18 heavy (non-hydrogen) atoms. The number of para-hydroxylation sites is 1. The molecule has 0 atom stereocenters. The van der Waals surface area contributed by atoms with Crippen LogP contribution in [0.1, 0.15) is 31.3 Å². The average molecular weight is 309 g/mol. The van der Waals surface area contributed by atoms with Crippen molar-refractivity contribution >= 4 is 32.7 Å². The van der Waals surface area contributed by atoms with Gasteiger partial charge >= 0.3 is 0 Å². The van der Waals surface area contributed by atoms with Crippen LogP contribution in [0, 0.1) is 0 Å². The summed E-state index contributed by atoms with van der Waals surface area (Å²) in [5.74, 6) is -0.0186. The number of carbonyl (C=O) groups excluding carboxylic acids is 1. The maximum absolute atomic E-state index is 12.2. The molecule has 1 aromatic heterocycles. The predicted octanol–water partition coefficient (Wildman–Crippen LogP) is 3.56. The van der Waals surface area contributed by atoms with E-state index >= 15 is 0 Å². The third-order valence-corrected chi connectivity index (χ3v) is 3.48. The Morgan fingerprint density at radius 3 is 2.78 bits per heavy atom. The Morgan fingerprint density at radius 2 is 2.17 bits per heavy atom. The maximum atomic E-state index is 12.2. The first-order valence-electron chi connectivity index (χ1n) is 6.13. The normalized spacial score (nSPS) is 11.2. The summed E-state index contributed by atoms with van der Waals surface area (Å²) >= 11 is 3.55. The molecule has 96 valence electrons. The molecule has 3 nitrogen and oxygen atoms in total. The summed E-state index contributed by atoms with van der Waals surface area (Å²) in [5, 5.41) is 4.02. The van der Waals surface area contributed by atoms with Crippen LogP contribution in [-0.4, -0.2) is 16.5 Å². The molecule has 4 heteroatoms. The number of hydrogen-bond donors (Lipinski definition) is 1. The number of nitrogens with one attached hydrogen (secondary N) is 1. The van der Waals surface area contributed by atoms with E-state index in [2.05, 4.69) is 21.2 Å². The highest BCUT2D eigenvalue weighted by molar-refractivity contribution is 9.10. The van der Waals surface area contributed by atoms with Gasteiger partial charge in [0, 0.05) is 22.4 Å². The van der Waals surface area contributed by atoms with E-state index in [0.29, 0.717) is 5.69 Å². The van der Waals surface area contributed by atoms with E-state index in [1.54, 1.807) is 0 Å². The van der Waals surface area contributed by atoms with Crippen LogP contribution in [0.5, 0.6) is 0 Å². The topological polar surface area (TPSA) is 34.0 Å². The lowest BCUT2D eigenvalue weighted by molar-refractivity contribution is 0.0934. The molecule has 2 aromatic rings.